The molecule has 2 amide bonds. The Labute approximate surface area is 204 Å². The Morgan fingerprint density at radius 2 is 1.80 bits per heavy atom. The van der Waals surface area contributed by atoms with Crippen molar-refractivity contribution in [1.29, 1.82) is 0 Å². The monoisotopic (exact) mass is 485 g/mol. The predicted molar refractivity (Wildman–Crippen MR) is 131 cm³/mol. The highest BCUT2D eigenvalue weighted by molar-refractivity contribution is 7.15. The third-order valence-corrected chi connectivity index (χ3v) is 6.42. The van der Waals surface area contributed by atoms with Crippen molar-refractivity contribution in [2.45, 2.75) is 6.54 Å². The highest BCUT2D eigenvalue weighted by atomic mass is 32.1. The Balaban J connectivity index is 1.25. The van der Waals surface area contributed by atoms with E-state index in [0.29, 0.717) is 40.4 Å². The van der Waals surface area contributed by atoms with Gasteiger partial charge in [0.25, 0.3) is 11.8 Å². The molecule has 2 N–H and O–H groups in total. The van der Waals surface area contributed by atoms with Crippen molar-refractivity contribution in [3.8, 4) is 22.1 Å². The second-order valence-electron chi connectivity index (χ2n) is 7.65. The van der Waals surface area contributed by atoms with Gasteiger partial charge >= 0.3 is 5.97 Å². The quantitative estimate of drug-likeness (QED) is 0.390. The Morgan fingerprint density at radius 3 is 2.60 bits per heavy atom. The van der Waals surface area contributed by atoms with E-state index >= 15 is 0 Å². The molecule has 0 aliphatic carbocycles. The molecule has 3 aromatic carbocycles. The fraction of sp³-hybridized carbons (Fsp3) is 0.0769. The van der Waals surface area contributed by atoms with Gasteiger partial charge in [0.2, 0.25) is 0 Å². The molecule has 0 unspecified atom stereocenters. The maximum absolute atomic E-state index is 12.8. The number of thiazole rings is 1. The maximum atomic E-state index is 12.8. The Kier molecular flexibility index (Phi) is 5.99. The summed E-state index contributed by atoms with van der Waals surface area (Å²) in [6.45, 7) is 0.294. The van der Waals surface area contributed by atoms with E-state index in [-0.39, 0.29) is 11.8 Å². The van der Waals surface area contributed by atoms with Crippen LogP contribution in [0.3, 0.4) is 0 Å². The van der Waals surface area contributed by atoms with E-state index in [0.717, 1.165) is 15.4 Å². The number of methoxy groups -OCH3 is 1. The summed E-state index contributed by atoms with van der Waals surface area (Å²) in [4.78, 5) is 42.2. The topological polar surface area (TPSA) is 107 Å². The first kappa shape index (κ1) is 22.3. The number of benzene rings is 3. The van der Waals surface area contributed by atoms with Crippen LogP contribution in [0, 0.1) is 0 Å². The summed E-state index contributed by atoms with van der Waals surface area (Å²) in [5.41, 5.74) is 2.57. The molecule has 174 valence electrons. The van der Waals surface area contributed by atoms with Gasteiger partial charge in [-0.2, -0.15) is 0 Å². The minimum atomic E-state index is -0.396. The molecule has 0 atom stereocenters. The van der Waals surface area contributed by atoms with Crippen molar-refractivity contribution in [3.05, 3.63) is 94.5 Å². The molecule has 4 aromatic rings. The zero-order chi connectivity index (χ0) is 24.4. The molecule has 0 saturated heterocycles. The molecule has 0 spiro atoms. The summed E-state index contributed by atoms with van der Waals surface area (Å²) in [5, 5.41) is 6.46. The summed E-state index contributed by atoms with van der Waals surface area (Å²) >= 11 is 1.44. The molecule has 8 nitrogen and oxygen atoms in total. The average Bonchev–Trinajstić information content (AvgIpc) is 3.31. The fourth-order valence-corrected chi connectivity index (χ4v) is 4.43. The van der Waals surface area contributed by atoms with Crippen molar-refractivity contribution in [3.63, 3.8) is 0 Å². The Hall–Kier alpha value is -4.50. The normalized spacial score (nSPS) is 11.9. The molecule has 5 rings (SSSR count). The van der Waals surface area contributed by atoms with Crippen LogP contribution in [0.5, 0.6) is 11.5 Å². The second-order valence-corrected chi connectivity index (χ2v) is 8.76. The standard InChI is InChI=1S/C26H19N3O5S/c1-33-26(32)16-8-6-15(7-9-16)25-28-14-18(35-25)13-27-23(30)17-10-11-22-20(12-17)29-24(31)19-4-2-3-5-21(19)34-22/h2-12,14H,13H2,1H3,(H,27,30)(H,29,31). The van der Waals surface area contributed by atoms with Crippen LogP contribution in [0.15, 0.2) is 72.9 Å². The van der Waals surface area contributed by atoms with E-state index < -0.39 is 5.97 Å². The van der Waals surface area contributed by atoms with Crippen molar-refractivity contribution in [2.75, 3.05) is 12.4 Å². The van der Waals surface area contributed by atoms with Gasteiger partial charge in [-0.15, -0.1) is 11.3 Å². The zero-order valence-electron chi connectivity index (χ0n) is 18.5. The first-order valence-electron chi connectivity index (χ1n) is 10.7. The van der Waals surface area contributed by atoms with E-state index in [9.17, 15) is 14.4 Å². The third-order valence-electron chi connectivity index (χ3n) is 5.37. The van der Waals surface area contributed by atoms with Gasteiger partial charge in [-0.1, -0.05) is 24.3 Å². The lowest BCUT2D eigenvalue weighted by Gasteiger charge is -2.10. The number of amides is 2. The van der Waals surface area contributed by atoms with E-state index in [1.54, 1.807) is 72.9 Å². The van der Waals surface area contributed by atoms with Crippen LogP contribution in [0.2, 0.25) is 0 Å². The predicted octanol–water partition coefficient (Wildman–Crippen LogP) is 4.88. The van der Waals surface area contributed by atoms with Crippen LogP contribution in [0.4, 0.5) is 5.69 Å². The summed E-state index contributed by atoms with van der Waals surface area (Å²) in [6.07, 6.45) is 1.71. The summed E-state index contributed by atoms with van der Waals surface area (Å²) < 4.78 is 10.6. The lowest BCUT2D eigenvalue weighted by molar-refractivity contribution is 0.0600. The molecule has 2 heterocycles. The van der Waals surface area contributed by atoms with Crippen LogP contribution in [0.25, 0.3) is 10.6 Å². The van der Waals surface area contributed by atoms with Crippen LogP contribution in [0.1, 0.15) is 36.0 Å². The first-order valence-corrected chi connectivity index (χ1v) is 11.5. The van der Waals surface area contributed by atoms with Gasteiger partial charge in [0.1, 0.15) is 10.8 Å². The lowest BCUT2D eigenvalue weighted by atomic mass is 10.1. The van der Waals surface area contributed by atoms with Gasteiger partial charge in [-0.25, -0.2) is 9.78 Å². The molecular formula is C26H19N3O5S. The van der Waals surface area contributed by atoms with Gasteiger partial charge < -0.3 is 20.1 Å². The van der Waals surface area contributed by atoms with Crippen LogP contribution < -0.4 is 15.4 Å². The van der Waals surface area contributed by atoms with Crippen molar-refractivity contribution in [2.24, 2.45) is 0 Å². The number of carbonyl (C=O) groups is 3. The number of aromatic nitrogens is 1. The molecule has 1 aliphatic rings. The van der Waals surface area contributed by atoms with E-state index in [2.05, 4.69) is 15.6 Å². The molecule has 9 heteroatoms. The van der Waals surface area contributed by atoms with Gasteiger partial charge in [-0.05, 0) is 42.5 Å². The molecule has 0 fully saturated rings. The average molecular weight is 486 g/mol. The molecular weight excluding hydrogens is 466 g/mol. The number of hydrogen-bond donors (Lipinski definition) is 2. The summed E-state index contributed by atoms with van der Waals surface area (Å²) in [5.74, 6) is -0.0606. The zero-order valence-corrected chi connectivity index (χ0v) is 19.3. The third kappa shape index (κ3) is 4.62. The SMILES string of the molecule is COC(=O)c1ccc(-c2ncc(CNC(=O)c3ccc4c(c3)NC(=O)c3ccccc3O4)s2)cc1. The molecule has 0 radical (unpaired) electrons. The lowest BCUT2D eigenvalue weighted by Crippen LogP contribution is -2.22. The van der Waals surface area contributed by atoms with Crippen molar-refractivity contribution < 1.29 is 23.9 Å². The van der Waals surface area contributed by atoms with Crippen LogP contribution in [-0.4, -0.2) is 29.9 Å². The fourth-order valence-electron chi connectivity index (χ4n) is 3.57. The number of para-hydroxylation sites is 1. The molecule has 0 saturated carbocycles. The van der Waals surface area contributed by atoms with Crippen LogP contribution >= 0.6 is 11.3 Å². The van der Waals surface area contributed by atoms with E-state index in [1.165, 1.54) is 18.4 Å². The second kappa shape index (κ2) is 9.40. The number of rotatable bonds is 5. The van der Waals surface area contributed by atoms with E-state index in [4.69, 9.17) is 9.47 Å². The molecule has 1 aromatic heterocycles. The number of fused-ring (bicyclic) bond motifs is 2. The molecule has 0 bridgehead atoms. The minimum Gasteiger partial charge on any atom is -0.465 e. The van der Waals surface area contributed by atoms with Gasteiger partial charge in [0.05, 0.1) is 30.5 Å². The van der Waals surface area contributed by atoms with Crippen molar-refractivity contribution >= 4 is 34.8 Å². The molecule has 35 heavy (non-hydrogen) atoms. The highest BCUT2D eigenvalue weighted by Gasteiger charge is 2.21. The number of nitrogens with one attached hydrogen (secondary N) is 2. The van der Waals surface area contributed by atoms with Gasteiger partial charge in [0, 0.05) is 22.2 Å². The number of anilines is 1. The summed E-state index contributed by atoms with van der Waals surface area (Å²) in [7, 11) is 1.34. The van der Waals surface area contributed by atoms with Crippen LogP contribution in [-0.2, 0) is 11.3 Å². The minimum absolute atomic E-state index is 0.291. The Morgan fingerprint density at radius 1 is 1.03 bits per heavy atom. The van der Waals surface area contributed by atoms with Gasteiger partial charge in [0.15, 0.2) is 5.75 Å². The summed E-state index contributed by atoms with van der Waals surface area (Å²) in [6, 6.07) is 18.8. The number of nitrogens with zero attached hydrogens (tertiary/aromatic N) is 1. The number of hydrogen-bond acceptors (Lipinski definition) is 7. The van der Waals surface area contributed by atoms with Gasteiger partial charge in [-0.3, -0.25) is 9.59 Å². The highest BCUT2D eigenvalue weighted by Crippen LogP contribution is 2.36. The maximum Gasteiger partial charge on any atom is 0.337 e. The number of ether oxygens (including phenoxy) is 2. The van der Waals surface area contributed by atoms with Crippen molar-refractivity contribution in [1.82, 2.24) is 10.3 Å². The largest absolute Gasteiger partial charge is 0.465 e. The smallest absolute Gasteiger partial charge is 0.337 e. The number of esters is 1. The number of carbonyl (C=O) groups excluding carboxylic acids is 3. The Bertz CT molecular complexity index is 1450. The molecule has 1 aliphatic heterocycles. The van der Waals surface area contributed by atoms with E-state index in [1.807, 2.05) is 0 Å². The first-order chi connectivity index (χ1) is 17.0.